The Hall–Kier alpha value is -5.83. The molecule has 5 aliphatic heterocycles. The third-order valence-corrected chi connectivity index (χ3v) is 13.2. The monoisotopic (exact) mass is 1060 g/mol. The van der Waals surface area contributed by atoms with E-state index in [-0.39, 0.29) is 99.7 Å². The van der Waals surface area contributed by atoms with E-state index in [9.17, 15) is 52.7 Å². The van der Waals surface area contributed by atoms with Crippen molar-refractivity contribution in [3.63, 3.8) is 0 Å². The van der Waals surface area contributed by atoms with Crippen LogP contribution in [0.2, 0.25) is 0 Å². The molecule has 0 aromatic rings. The molecule has 5 atom stereocenters. The fourth-order valence-corrected chi connectivity index (χ4v) is 5.35. The van der Waals surface area contributed by atoms with E-state index in [0.29, 0.717) is 51.6 Å². The maximum Gasteiger partial charge on any atom is 0.517 e. The van der Waals surface area contributed by atoms with Crippen LogP contribution in [0.25, 0.3) is 0 Å². The molecule has 422 valence electrons. The Morgan fingerprint density at radius 1 is 0.473 bits per heavy atom. The second-order valence-corrected chi connectivity index (χ2v) is 21.7. The second-order valence-electron chi connectivity index (χ2n) is 21.7. The number of cyclic esters (lactones) is 5. The van der Waals surface area contributed by atoms with Gasteiger partial charge in [-0.25, -0.2) is 14.4 Å². The van der Waals surface area contributed by atoms with Gasteiger partial charge in [-0.1, -0.05) is 34.6 Å². The minimum Gasteiger partial charge on any atom is -0.463 e. The van der Waals surface area contributed by atoms with Crippen LogP contribution in [-0.2, 0) is 100 Å². The summed E-state index contributed by atoms with van der Waals surface area (Å²) in [5.74, 6) is -3.72. The summed E-state index contributed by atoms with van der Waals surface area (Å²) in [5, 5.41) is 0. The number of hydrogen-bond acceptors (Lipinski definition) is 22. The van der Waals surface area contributed by atoms with Crippen LogP contribution in [0.5, 0.6) is 0 Å². The molecule has 5 aliphatic rings. The largest absolute Gasteiger partial charge is 0.517 e. The molecule has 0 bridgehead atoms. The molecule has 0 amide bonds. The van der Waals surface area contributed by atoms with Gasteiger partial charge < -0.3 is 52.1 Å². The predicted molar refractivity (Wildman–Crippen MR) is 259 cm³/mol. The van der Waals surface area contributed by atoms with Crippen LogP contribution in [0.3, 0.4) is 0 Å². The highest BCUT2D eigenvalue weighted by Gasteiger charge is 2.43. The minimum atomic E-state index is -1.15. The molecule has 5 rings (SSSR count). The number of carbonyl (C=O) groups excluding carboxylic acids is 11. The number of carbonyl (C=O) groups is 11. The quantitative estimate of drug-likeness (QED) is 0.0912. The first-order chi connectivity index (χ1) is 34.0. The summed E-state index contributed by atoms with van der Waals surface area (Å²) in [6, 6.07) is 0. The molecule has 0 aromatic heterocycles. The average molecular weight is 1060 g/mol. The van der Waals surface area contributed by atoms with Gasteiger partial charge in [0.15, 0.2) is 5.60 Å². The summed E-state index contributed by atoms with van der Waals surface area (Å²) >= 11 is 0. The fourth-order valence-electron chi connectivity index (χ4n) is 5.35. The number of hydrogen-bond donors (Lipinski definition) is 0. The lowest BCUT2D eigenvalue weighted by Gasteiger charge is -2.27. The van der Waals surface area contributed by atoms with Crippen LogP contribution in [-0.4, -0.2) is 129 Å². The van der Waals surface area contributed by atoms with Crippen molar-refractivity contribution in [1.82, 2.24) is 0 Å². The number of rotatable bonds is 15. The summed E-state index contributed by atoms with van der Waals surface area (Å²) in [4.78, 5) is 124. The zero-order valence-electron chi connectivity index (χ0n) is 46.4. The predicted octanol–water partition coefficient (Wildman–Crippen LogP) is 6.93. The Kier molecular flexibility index (Phi) is 25.7. The smallest absolute Gasteiger partial charge is 0.463 e. The lowest BCUT2D eigenvalue weighted by molar-refractivity contribution is -0.169. The van der Waals surface area contributed by atoms with Crippen molar-refractivity contribution in [2.24, 2.45) is 27.1 Å². The van der Waals surface area contributed by atoms with Crippen molar-refractivity contribution in [2.45, 2.75) is 205 Å². The molecule has 0 aliphatic carbocycles. The first-order valence-electron chi connectivity index (χ1n) is 25.1. The molecule has 22 heteroatoms. The normalized spacial score (nSPS) is 22.3. The molecule has 0 aromatic carbocycles. The third kappa shape index (κ3) is 21.9. The van der Waals surface area contributed by atoms with Gasteiger partial charge in [-0.05, 0) is 108 Å². The minimum absolute atomic E-state index is 0.151. The van der Waals surface area contributed by atoms with Gasteiger partial charge in [0.25, 0.3) is 0 Å². The zero-order chi connectivity index (χ0) is 57.0. The zero-order valence-corrected chi connectivity index (χ0v) is 46.4. The van der Waals surface area contributed by atoms with Gasteiger partial charge in [-0.3, -0.25) is 38.4 Å². The Balaban J connectivity index is 0.000000463. The molecule has 0 saturated carbocycles. The topological polar surface area (TPSA) is 289 Å². The highest BCUT2D eigenvalue weighted by Crippen LogP contribution is 2.31. The van der Waals surface area contributed by atoms with Crippen LogP contribution in [0.4, 0.5) is 4.79 Å². The molecule has 74 heavy (non-hydrogen) atoms. The molecule has 5 unspecified atom stereocenters. The summed E-state index contributed by atoms with van der Waals surface area (Å²) < 4.78 is 53.4. The maximum atomic E-state index is 11.8. The molecular formula is C52H82O22. The lowest BCUT2D eigenvalue weighted by Crippen LogP contribution is -2.38. The highest BCUT2D eigenvalue weighted by molar-refractivity contribution is 5.87. The Morgan fingerprint density at radius 3 is 1.14 bits per heavy atom. The van der Waals surface area contributed by atoms with Crippen molar-refractivity contribution in [3.8, 4) is 0 Å². The standard InChI is InChI=1S/C11H16O6.C11H18O4.3C10H16O4/c1-4-11(2,3)9(13)17-10(14)16-7-5-6-15-8(7)12;1-5-10(2,3)9(13)15-11(4)6-8(12)14-7-11;2*1-4-10(2,3)9(12)14-7-5-8(11)13-6-7;1-4-10(2,3)9(12)14-7-5-6-13-8(7)11/h7H,4-6H2,1-3H3;5-7H2,1-4H3;3*7H,4-6H2,1-3H3. The Labute approximate surface area is 434 Å². The summed E-state index contributed by atoms with van der Waals surface area (Å²) in [7, 11) is 0. The third-order valence-electron chi connectivity index (χ3n) is 13.2. The second kappa shape index (κ2) is 28.7. The van der Waals surface area contributed by atoms with E-state index >= 15 is 0 Å². The Morgan fingerprint density at radius 2 is 0.824 bits per heavy atom. The van der Waals surface area contributed by atoms with Gasteiger partial charge >= 0.3 is 65.8 Å². The Bertz CT molecular complexity index is 1950. The number of ether oxygens (including phenoxy) is 11. The molecule has 5 heterocycles. The van der Waals surface area contributed by atoms with Crippen LogP contribution < -0.4 is 0 Å². The van der Waals surface area contributed by atoms with Gasteiger partial charge in [-0.2, -0.15) is 0 Å². The summed E-state index contributed by atoms with van der Waals surface area (Å²) in [6.07, 6.45) is 1.07. The van der Waals surface area contributed by atoms with Crippen LogP contribution in [0, 0.1) is 27.1 Å². The molecule has 0 radical (unpaired) electrons. The number of esters is 10. The molecule has 0 N–H and O–H groups in total. The van der Waals surface area contributed by atoms with E-state index in [1.54, 1.807) is 41.5 Å². The van der Waals surface area contributed by atoms with Gasteiger partial charge in [0.2, 0.25) is 12.2 Å². The van der Waals surface area contributed by atoms with E-state index < -0.39 is 68.9 Å². The first kappa shape index (κ1) is 66.2. The van der Waals surface area contributed by atoms with Gasteiger partial charge in [-0.15, -0.1) is 0 Å². The van der Waals surface area contributed by atoms with Crippen LogP contribution in [0.15, 0.2) is 0 Å². The van der Waals surface area contributed by atoms with E-state index in [1.807, 2.05) is 69.2 Å². The summed E-state index contributed by atoms with van der Waals surface area (Å²) in [5.41, 5.74) is -3.52. The molecule has 5 fully saturated rings. The van der Waals surface area contributed by atoms with Gasteiger partial charge in [0.05, 0.1) is 59.6 Å². The van der Waals surface area contributed by atoms with Crippen molar-refractivity contribution < 1.29 is 105 Å². The maximum absolute atomic E-state index is 11.8. The first-order valence-corrected chi connectivity index (χ1v) is 25.1. The average Bonchev–Trinajstić information content (AvgIpc) is 4.19. The van der Waals surface area contributed by atoms with Crippen LogP contribution >= 0.6 is 0 Å². The molecular weight excluding hydrogens is 977 g/mol. The van der Waals surface area contributed by atoms with Crippen molar-refractivity contribution in [3.05, 3.63) is 0 Å². The lowest BCUT2D eigenvalue weighted by atomic mass is 9.90. The van der Waals surface area contributed by atoms with Crippen molar-refractivity contribution in [2.75, 3.05) is 33.0 Å². The van der Waals surface area contributed by atoms with Crippen molar-refractivity contribution >= 4 is 65.8 Å². The van der Waals surface area contributed by atoms with Gasteiger partial charge in [0.1, 0.15) is 32.0 Å². The van der Waals surface area contributed by atoms with E-state index in [2.05, 4.69) is 14.2 Å². The highest BCUT2D eigenvalue weighted by atomic mass is 16.8. The molecule has 5 saturated heterocycles. The summed E-state index contributed by atoms with van der Waals surface area (Å²) in [6.45, 7) is 30.2. The van der Waals surface area contributed by atoms with E-state index in [4.69, 9.17) is 37.9 Å². The fraction of sp³-hybridized carbons (Fsp3) is 0.788. The molecule has 22 nitrogen and oxygen atoms in total. The van der Waals surface area contributed by atoms with E-state index in [1.165, 1.54) is 0 Å². The molecule has 0 spiro atoms. The van der Waals surface area contributed by atoms with Crippen LogP contribution in [0.1, 0.15) is 175 Å². The van der Waals surface area contributed by atoms with Gasteiger partial charge in [0, 0.05) is 12.8 Å². The SMILES string of the molecule is CCC(C)(C)C(=O)OC(=O)OC1CCOC1=O.CCC(C)(C)C(=O)OC1(C)COC(=O)C1.CCC(C)(C)C(=O)OC1CCOC1=O.CCC(C)(C)C(=O)OC1COC(=O)C1.CCC(C)(C)C(=O)OC1COC(=O)C1. The van der Waals surface area contributed by atoms with Crippen molar-refractivity contribution in [1.29, 1.82) is 0 Å². The van der Waals surface area contributed by atoms with E-state index in [0.717, 1.165) is 0 Å².